The smallest absolute Gasteiger partial charge is 0.398 e. The maximum atomic E-state index is 13.4. The Bertz CT molecular complexity index is 465. The lowest BCUT2D eigenvalue weighted by atomic mass is 9.46. The van der Waals surface area contributed by atoms with Crippen molar-refractivity contribution >= 4 is 5.97 Å². The highest BCUT2D eigenvalue weighted by molar-refractivity contribution is 5.66. The highest BCUT2D eigenvalue weighted by Crippen LogP contribution is 2.66. The Balaban J connectivity index is 2.10. The topological polar surface area (TPSA) is 66.8 Å². The molecule has 4 saturated carbocycles. The van der Waals surface area contributed by atoms with E-state index in [1.165, 1.54) is 0 Å². The molecule has 0 aromatic heterocycles. The molecule has 0 spiro atoms. The maximum absolute atomic E-state index is 13.4. The molecule has 7 heteroatoms. The zero-order valence-corrected chi connectivity index (χ0v) is 11.0. The fraction of sp³-hybridized carbons (Fsp3) is 0.923. The molecule has 0 amide bonds. The van der Waals surface area contributed by atoms with Crippen molar-refractivity contribution in [2.45, 2.75) is 62.0 Å². The van der Waals surface area contributed by atoms with Gasteiger partial charge in [0.15, 0.2) is 0 Å². The van der Waals surface area contributed by atoms with Gasteiger partial charge < -0.3 is 14.9 Å². The van der Waals surface area contributed by atoms with Crippen LogP contribution in [-0.4, -0.2) is 39.2 Å². The monoisotopic (exact) mass is 294 g/mol. The lowest BCUT2D eigenvalue weighted by molar-refractivity contribution is -0.356. The summed E-state index contributed by atoms with van der Waals surface area (Å²) in [6.07, 6.45) is -4.80. The first kappa shape index (κ1) is 14.1. The number of hydrogen-bond acceptors (Lipinski definition) is 4. The SMILES string of the molecule is CC(=O)OC12CC3CC(O)(CC(O)(C3)C1C(F)(F)F)C2. The van der Waals surface area contributed by atoms with Crippen molar-refractivity contribution in [3.63, 3.8) is 0 Å². The average molecular weight is 294 g/mol. The first-order valence-electron chi connectivity index (χ1n) is 6.69. The van der Waals surface area contributed by atoms with Crippen LogP contribution in [0.15, 0.2) is 0 Å². The van der Waals surface area contributed by atoms with E-state index in [0.29, 0.717) is 6.42 Å². The van der Waals surface area contributed by atoms with Crippen LogP contribution in [0.2, 0.25) is 0 Å². The molecule has 0 aromatic carbocycles. The standard InChI is InChI=1S/C13H17F3O4/c1-7(17)20-12-4-8-2-10(18,6-12)5-11(19,3-8)9(12)13(14,15)16/h8-9,18-19H,2-6H2,1H3. The summed E-state index contributed by atoms with van der Waals surface area (Å²) < 4.78 is 45.4. The van der Waals surface area contributed by atoms with E-state index in [0.717, 1.165) is 6.92 Å². The van der Waals surface area contributed by atoms with Gasteiger partial charge in [-0.05, 0) is 25.2 Å². The molecule has 5 unspecified atom stereocenters. The fourth-order valence-electron chi connectivity index (χ4n) is 5.18. The van der Waals surface area contributed by atoms with Crippen LogP contribution in [0, 0.1) is 11.8 Å². The van der Waals surface area contributed by atoms with Crippen molar-refractivity contribution < 1.29 is 32.9 Å². The summed E-state index contributed by atoms with van der Waals surface area (Å²) in [5.74, 6) is -3.18. The molecule has 4 nitrogen and oxygen atoms in total. The quantitative estimate of drug-likeness (QED) is 0.720. The van der Waals surface area contributed by atoms with Gasteiger partial charge in [0.1, 0.15) is 11.5 Å². The molecule has 4 aliphatic rings. The summed E-state index contributed by atoms with van der Waals surface area (Å²) in [4.78, 5) is 11.3. The number of carbonyl (C=O) groups is 1. The minimum atomic E-state index is -4.67. The number of hydrogen-bond donors (Lipinski definition) is 2. The number of aliphatic hydroxyl groups is 2. The average Bonchev–Trinajstić information content (AvgIpc) is 2.04. The Kier molecular flexibility index (Phi) is 2.60. The molecular formula is C13H17F3O4. The number of esters is 1. The fourth-order valence-corrected chi connectivity index (χ4v) is 5.18. The predicted molar refractivity (Wildman–Crippen MR) is 60.5 cm³/mol. The maximum Gasteiger partial charge on any atom is 0.398 e. The van der Waals surface area contributed by atoms with Gasteiger partial charge in [0.2, 0.25) is 0 Å². The van der Waals surface area contributed by atoms with Crippen LogP contribution in [0.3, 0.4) is 0 Å². The summed E-state index contributed by atoms with van der Waals surface area (Å²) in [7, 11) is 0. The number of halogens is 3. The molecule has 0 saturated heterocycles. The van der Waals surface area contributed by atoms with E-state index in [-0.39, 0.29) is 31.6 Å². The Morgan fingerprint density at radius 1 is 1.20 bits per heavy atom. The van der Waals surface area contributed by atoms with Gasteiger partial charge in [-0.3, -0.25) is 4.79 Å². The Hall–Kier alpha value is -0.820. The van der Waals surface area contributed by atoms with Crippen molar-refractivity contribution in [3.8, 4) is 0 Å². The molecule has 5 atom stereocenters. The van der Waals surface area contributed by atoms with Crippen molar-refractivity contribution in [3.05, 3.63) is 0 Å². The highest BCUT2D eigenvalue weighted by Gasteiger charge is 2.76. The minimum absolute atomic E-state index is 0.00248. The molecular weight excluding hydrogens is 277 g/mol. The number of alkyl halides is 3. The third kappa shape index (κ3) is 1.86. The van der Waals surface area contributed by atoms with Crippen LogP contribution in [-0.2, 0) is 9.53 Å². The largest absolute Gasteiger partial charge is 0.458 e. The van der Waals surface area contributed by atoms with Crippen LogP contribution in [0.5, 0.6) is 0 Å². The third-order valence-electron chi connectivity index (χ3n) is 4.95. The van der Waals surface area contributed by atoms with Gasteiger partial charge in [-0.15, -0.1) is 0 Å². The van der Waals surface area contributed by atoms with E-state index in [4.69, 9.17) is 4.74 Å². The molecule has 114 valence electrons. The Morgan fingerprint density at radius 3 is 2.35 bits per heavy atom. The summed E-state index contributed by atoms with van der Waals surface area (Å²) in [6, 6.07) is 0. The molecule has 0 heterocycles. The summed E-state index contributed by atoms with van der Waals surface area (Å²) in [6.45, 7) is 1.06. The van der Waals surface area contributed by atoms with Gasteiger partial charge in [-0.2, -0.15) is 13.2 Å². The van der Waals surface area contributed by atoms with Crippen molar-refractivity contribution in [2.24, 2.45) is 11.8 Å². The minimum Gasteiger partial charge on any atom is -0.458 e. The molecule has 20 heavy (non-hydrogen) atoms. The van der Waals surface area contributed by atoms with Crippen molar-refractivity contribution in [2.75, 3.05) is 0 Å². The first-order valence-corrected chi connectivity index (χ1v) is 6.69. The van der Waals surface area contributed by atoms with Gasteiger partial charge >= 0.3 is 12.1 Å². The number of ether oxygens (including phenoxy) is 1. The third-order valence-corrected chi connectivity index (χ3v) is 4.95. The normalized spacial score (nSPS) is 50.3. The summed E-state index contributed by atoms with van der Waals surface area (Å²) in [5.41, 5.74) is -5.23. The Morgan fingerprint density at radius 2 is 1.85 bits per heavy atom. The lowest BCUT2D eigenvalue weighted by Crippen LogP contribution is -2.75. The summed E-state index contributed by atoms with van der Waals surface area (Å²) in [5, 5.41) is 20.9. The summed E-state index contributed by atoms with van der Waals surface area (Å²) >= 11 is 0. The Labute approximate surface area is 113 Å². The zero-order valence-electron chi connectivity index (χ0n) is 11.0. The van der Waals surface area contributed by atoms with E-state index < -0.39 is 34.9 Å². The first-order chi connectivity index (χ1) is 8.98. The molecule has 0 aliphatic heterocycles. The molecule has 4 aliphatic carbocycles. The van der Waals surface area contributed by atoms with E-state index >= 15 is 0 Å². The number of carbonyl (C=O) groups excluding carboxylic acids is 1. The van der Waals surface area contributed by atoms with Gasteiger partial charge in [0.05, 0.1) is 11.2 Å². The van der Waals surface area contributed by atoms with E-state index in [9.17, 15) is 28.2 Å². The van der Waals surface area contributed by atoms with Crippen LogP contribution >= 0.6 is 0 Å². The lowest BCUT2D eigenvalue weighted by Gasteiger charge is -2.65. The number of rotatable bonds is 1. The van der Waals surface area contributed by atoms with Crippen LogP contribution in [0.4, 0.5) is 13.2 Å². The van der Waals surface area contributed by atoms with Gasteiger partial charge in [0.25, 0.3) is 0 Å². The molecule has 0 aromatic rings. The van der Waals surface area contributed by atoms with E-state index in [1.807, 2.05) is 0 Å². The zero-order chi connectivity index (χ0) is 15.0. The second-order valence-corrected chi connectivity index (χ2v) is 6.79. The predicted octanol–water partition coefficient (Wildman–Crippen LogP) is 1.54. The van der Waals surface area contributed by atoms with Crippen molar-refractivity contribution in [1.29, 1.82) is 0 Å². The second-order valence-electron chi connectivity index (χ2n) is 6.79. The van der Waals surface area contributed by atoms with Gasteiger partial charge in [0, 0.05) is 19.8 Å². The molecule has 2 N–H and O–H groups in total. The van der Waals surface area contributed by atoms with Crippen LogP contribution < -0.4 is 0 Å². The van der Waals surface area contributed by atoms with E-state index in [1.54, 1.807) is 0 Å². The van der Waals surface area contributed by atoms with Crippen molar-refractivity contribution in [1.82, 2.24) is 0 Å². The molecule has 4 bridgehead atoms. The van der Waals surface area contributed by atoms with Crippen LogP contribution in [0.25, 0.3) is 0 Å². The second kappa shape index (κ2) is 3.68. The van der Waals surface area contributed by atoms with Crippen LogP contribution in [0.1, 0.15) is 39.0 Å². The van der Waals surface area contributed by atoms with E-state index in [2.05, 4.69) is 0 Å². The van der Waals surface area contributed by atoms with Gasteiger partial charge in [-0.25, -0.2) is 0 Å². The molecule has 0 radical (unpaired) electrons. The molecule has 4 rings (SSSR count). The highest BCUT2D eigenvalue weighted by atomic mass is 19.4. The molecule has 4 fully saturated rings. The van der Waals surface area contributed by atoms with Gasteiger partial charge in [-0.1, -0.05) is 0 Å².